The van der Waals surface area contributed by atoms with Crippen molar-refractivity contribution in [3.63, 3.8) is 0 Å². The van der Waals surface area contributed by atoms with E-state index in [4.69, 9.17) is 6.58 Å². The van der Waals surface area contributed by atoms with Gasteiger partial charge in [0.25, 0.3) is 0 Å². The van der Waals surface area contributed by atoms with Crippen LogP contribution in [0, 0.1) is 11.3 Å². The standard InChI is InChI=1S/C30H38/c1-3-4-5-6-7-10-20-27-23-28-21-15-22-30(28,24(2)25-16-11-8-12-17-25)29(27)26-18-13-9-14-19-26/h8-9,11-14,16-19,28H,2-7,10,15,20-23H2,1H3/t28-,30+/m1/s1. The maximum atomic E-state index is 4.75. The average molecular weight is 399 g/mol. The molecular formula is C30H38. The minimum atomic E-state index is 0.139. The summed E-state index contributed by atoms with van der Waals surface area (Å²) in [5.41, 5.74) is 7.66. The topological polar surface area (TPSA) is 0 Å². The number of unbranched alkanes of at least 4 members (excludes halogenated alkanes) is 5. The summed E-state index contributed by atoms with van der Waals surface area (Å²) in [6.07, 6.45) is 14.7. The molecule has 1 saturated carbocycles. The van der Waals surface area contributed by atoms with Crippen LogP contribution in [-0.4, -0.2) is 0 Å². The molecule has 30 heavy (non-hydrogen) atoms. The largest absolute Gasteiger partial charge is 0.0943 e. The van der Waals surface area contributed by atoms with E-state index in [9.17, 15) is 0 Å². The lowest BCUT2D eigenvalue weighted by Crippen LogP contribution is -2.24. The van der Waals surface area contributed by atoms with E-state index in [0.29, 0.717) is 0 Å². The second kappa shape index (κ2) is 9.82. The quantitative estimate of drug-likeness (QED) is 0.350. The normalized spacial score (nSPS) is 23.0. The van der Waals surface area contributed by atoms with Crippen LogP contribution >= 0.6 is 0 Å². The van der Waals surface area contributed by atoms with Crippen molar-refractivity contribution in [2.75, 3.05) is 0 Å². The van der Waals surface area contributed by atoms with E-state index in [1.807, 2.05) is 0 Å². The Balaban J connectivity index is 1.66. The first-order valence-electron chi connectivity index (χ1n) is 12.3. The first kappa shape index (κ1) is 21.2. The molecule has 0 bridgehead atoms. The average Bonchev–Trinajstić information content (AvgIpc) is 3.33. The molecule has 0 heteroatoms. The van der Waals surface area contributed by atoms with Gasteiger partial charge >= 0.3 is 0 Å². The van der Waals surface area contributed by atoms with Gasteiger partial charge in [-0.15, -0.1) is 0 Å². The molecule has 0 unspecified atom stereocenters. The van der Waals surface area contributed by atoms with Crippen LogP contribution in [0.4, 0.5) is 0 Å². The zero-order chi connectivity index (χ0) is 20.8. The van der Waals surface area contributed by atoms with Crippen molar-refractivity contribution in [2.45, 2.75) is 77.6 Å². The van der Waals surface area contributed by atoms with Crippen LogP contribution < -0.4 is 0 Å². The van der Waals surface area contributed by atoms with Gasteiger partial charge in [-0.05, 0) is 60.3 Å². The lowest BCUT2D eigenvalue weighted by Gasteiger charge is -2.36. The summed E-state index contributed by atoms with van der Waals surface area (Å²) >= 11 is 0. The van der Waals surface area contributed by atoms with Crippen molar-refractivity contribution >= 4 is 11.1 Å². The molecule has 0 spiro atoms. The van der Waals surface area contributed by atoms with Crippen molar-refractivity contribution < 1.29 is 0 Å². The van der Waals surface area contributed by atoms with Gasteiger partial charge in [-0.25, -0.2) is 0 Å². The van der Waals surface area contributed by atoms with Gasteiger partial charge in [0.15, 0.2) is 0 Å². The van der Waals surface area contributed by atoms with E-state index in [1.54, 1.807) is 11.1 Å². The molecule has 0 aliphatic heterocycles. The van der Waals surface area contributed by atoms with Crippen molar-refractivity contribution in [3.8, 4) is 0 Å². The molecule has 2 aliphatic carbocycles. The van der Waals surface area contributed by atoms with Crippen LogP contribution in [0.25, 0.3) is 11.1 Å². The van der Waals surface area contributed by atoms with Crippen molar-refractivity contribution in [1.29, 1.82) is 0 Å². The minimum absolute atomic E-state index is 0.139. The Morgan fingerprint density at radius 3 is 2.30 bits per heavy atom. The zero-order valence-corrected chi connectivity index (χ0v) is 18.8. The Bertz CT molecular complexity index is 857. The molecule has 0 aromatic heterocycles. The molecule has 158 valence electrons. The van der Waals surface area contributed by atoms with Crippen LogP contribution in [0.3, 0.4) is 0 Å². The smallest absolute Gasteiger partial charge is 0.0239 e. The molecule has 2 aromatic carbocycles. The molecule has 2 atom stereocenters. The predicted molar refractivity (Wildman–Crippen MR) is 131 cm³/mol. The highest BCUT2D eigenvalue weighted by atomic mass is 14.6. The van der Waals surface area contributed by atoms with Gasteiger partial charge in [-0.3, -0.25) is 0 Å². The Hall–Kier alpha value is -2.08. The zero-order valence-electron chi connectivity index (χ0n) is 18.8. The molecule has 1 fully saturated rings. The summed E-state index contributed by atoms with van der Waals surface area (Å²) in [6.45, 7) is 7.05. The Morgan fingerprint density at radius 2 is 1.57 bits per heavy atom. The SMILES string of the molecule is C=C(c1ccccc1)[C@@]12CCC[C@@H]1CC(CCCCCCCC)=C2c1ccccc1. The molecule has 0 heterocycles. The van der Waals surface area contributed by atoms with Crippen LogP contribution in [0.2, 0.25) is 0 Å². The van der Waals surface area contributed by atoms with Gasteiger partial charge in [-0.2, -0.15) is 0 Å². The van der Waals surface area contributed by atoms with Crippen molar-refractivity contribution in [2.24, 2.45) is 11.3 Å². The molecule has 4 rings (SSSR count). The van der Waals surface area contributed by atoms with Gasteiger partial charge in [-0.1, -0.05) is 118 Å². The van der Waals surface area contributed by atoms with Gasteiger partial charge in [0.2, 0.25) is 0 Å². The molecule has 2 aromatic rings. The van der Waals surface area contributed by atoms with Crippen LogP contribution in [0.1, 0.15) is 88.7 Å². The fraction of sp³-hybridized carbons (Fsp3) is 0.467. The summed E-state index contributed by atoms with van der Waals surface area (Å²) in [4.78, 5) is 0. The van der Waals surface area contributed by atoms with Crippen molar-refractivity contribution in [3.05, 3.63) is 83.9 Å². The Labute approximate surface area is 184 Å². The van der Waals surface area contributed by atoms with Crippen LogP contribution in [-0.2, 0) is 0 Å². The van der Waals surface area contributed by atoms with Crippen LogP contribution in [0.5, 0.6) is 0 Å². The van der Waals surface area contributed by atoms with E-state index < -0.39 is 0 Å². The molecule has 2 aliphatic rings. The van der Waals surface area contributed by atoms with Gasteiger partial charge in [0, 0.05) is 5.41 Å². The lowest BCUT2D eigenvalue weighted by atomic mass is 9.66. The summed E-state index contributed by atoms with van der Waals surface area (Å²) in [5.74, 6) is 0.732. The highest BCUT2D eigenvalue weighted by molar-refractivity contribution is 5.90. The maximum Gasteiger partial charge on any atom is 0.0239 e. The fourth-order valence-corrected chi connectivity index (χ4v) is 6.26. The minimum Gasteiger partial charge on any atom is -0.0943 e. The lowest BCUT2D eigenvalue weighted by molar-refractivity contribution is 0.406. The van der Waals surface area contributed by atoms with Gasteiger partial charge in [0.1, 0.15) is 0 Å². The molecule has 0 saturated heterocycles. The second-order valence-electron chi connectivity index (χ2n) is 9.47. The number of fused-ring (bicyclic) bond motifs is 1. The molecule has 0 N–H and O–H groups in total. The molecule has 0 nitrogen and oxygen atoms in total. The maximum absolute atomic E-state index is 4.75. The van der Waals surface area contributed by atoms with Crippen LogP contribution in [0.15, 0.2) is 72.8 Å². The third kappa shape index (κ3) is 4.07. The Kier molecular flexibility index (Phi) is 6.93. The number of hydrogen-bond donors (Lipinski definition) is 0. The van der Waals surface area contributed by atoms with E-state index in [1.165, 1.54) is 87.3 Å². The summed E-state index contributed by atoms with van der Waals surface area (Å²) in [7, 11) is 0. The number of allylic oxidation sites excluding steroid dienone is 3. The first-order chi connectivity index (χ1) is 14.8. The van der Waals surface area contributed by atoms with E-state index in [0.717, 1.165) is 5.92 Å². The first-order valence-corrected chi connectivity index (χ1v) is 12.3. The van der Waals surface area contributed by atoms with Gasteiger partial charge in [0.05, 0.1) is 0 Å². The van der Waals surface area contributed by atoms with Crippen molar-refractivity contribution in [1.82, 2.24) is 0 Å². The monoisotopic (exact) mass is 398 g/mol. The molecular weight excluding hydrogens is 360 g/mol. The van der Waals surface area contributed by atoms with E-state index >= 15 is 0 Å². The summed E-state index contributed by atoms with van der Waals surface area (Å²) in [5, 5.41) is 0. The molecule has 0 radical (unpaired) electrons. The third-order valence-electron chi connectivity index (χ3n) is 7.67. The van der Waals surface area contributed by atoms with E-state index in [2.05, 4.69) is 67.6 Å². The predicted octanol–water partition coefficient (Wildman–Crippen LogP) is 9.09. The molecule has 0 amide bonds. The highest BCUT2D eigenvalue weighted by Gasteiger charge is 2.52. The number of hydrogen-bond acceptors (Lipinski definition) is 0. The number of rotatable bonds is 10. The second-order valence-corrected chi connectivity index (χ2v) is 9.47. The van der Waals surface area contributed by atoms with Gasteiger partial charge < -0.3 is 0 Å². The summed E-state index contributed by atoms with van der Waals surface area (Å²) < 4.78 is 0. The fourth-order valence-electron chi connectivity index (χ4n) is 6.26. The Morgan fingerprint density at radius 1 is 0.900 bits per heavy atom. The summed E-state index contributed by atoms with van der Waals surface area (Å²) in [6, 6.07) is 22.2. The highest BCUT2D eigenvalue weighted by Crippen LogP contribution is 2.66. The van der Waals surface area contributed by atoms with E-state index in [-0.39, 0.29) is 5.41 Å². The third-order valence-corrected chi connectivity index (χ3v) is 7.67. The number of benzene rings is 2.